The summed E-state index contributed by atoms with van der Waals surface area (Å²) in [5, 5.41) is 3.81. The minimum atomic E-state index is -2.19. The van der Waals surface area contributed by atoms with Gasteiger partial charge in [0, 0.05) is 15.9 Å². The molecular weight excluding hydrogens is 357 g/mol. The maximum atomic E-state index is 5.53. The van der Waals surface area contributed by atoms with Gasteiger partial charge in [0.1, 0.15) is 0 Å². The van der Waals surface area contributed by atoms with E-state index >= 15 is 0 Å². The molecule has 0 aliphatic rings. The Morgan fingerprint density at radius 3 is 1.21 bits per heavy atom. The summed E-state index contributed by atoms with van der Waals surface area (Å²) in [5.74, 6) is 0. The van der Waals surface area contributed by atoms with Gasteiger partial charge in [0.15, 0.2) is 0 Å². The molecule has 0 fully saturated rings. The molecule has 0 bridgehead atoms. The van der Waals surface area contributed by atoms with Crippen molar-refractivity contribution in [2.24, 2.45) is 4.74 Å². The number of nitrogens with zero attached hydrogens (tertiary/aromatic N) is 1. The van der Waals surface area contributed by atoms with E-state index in [2.05, 4.69) is 123 Å². The Balaban J connectivity index is 2.14. The molecule has 0 unspecified atom stereocenters. The highest BCUT2D eigenvalue weighted by atomic mass is 31.2. The highest BCUT2D eigenvalue weighted by Gasteiger charge is 2.27. The number of hydrogen-bond acceptors (Lipinski definition) is 1. The lowest BCUT2D eigenvalue weighted by atomic mass is 10.1. The van der Waals surface area contributed by atoms with Gasteiger partial charge >= 0.3 is 0 Å². The molecule has 4 aromatic carbocycles. The van der Waals surface area contributed by atoms with Crippen molar-refractivity contribution in [2.75, 3.05) is 0 Å². The summed E-state index contributed by atoms with van der Waals surface area (Å²) in [6, 6.07) is 38.8. The van der Waals surface area contributed by atoms with Crippen LogP contribution in [-0.2, 0) is 0 Å². The maximum absolute atomic E-state index is 5.53. The van der Waals surface area contributed by atoms with E-state index < -0.39 is 7.05 Å². The molecule has 0 radical (unpaired) electrons. The number of hydrogen-bond donors (Lipinski definition) is 0. The number of rotatable bonds is 4. The smallest absolute Gasteiger partial charge is 0.0630 e. The molecule has 0 N–H and O–H groups in total. The molecule has 28 heavy (non-hydrogen) atoms. The van der Waals surface area contributed by atoms with Crippen LogP contribution >= 0.6 is 7.05 Å². The van der Waals surface area contributed by atoms with Crippen molar-refractivity contribution in [3.63, 3.8) is 0 Å². The highest BCUT2D eigenvalue weighted by molar-refractivity contribution is 7.87. The van der Waals surface area contributed by atoms with Crippen LogP contribution in [0.15, 0.2) is 114 Å². The molecule has 4 rings (SSSR count). The van der Waals surface area contributed by atoms with Crippen molar-refractivity contribution < 1.29 is 0 Å². The largest absolute Gasteiger partial charge is 0.254 e. The third-order valence-corrected chi connectivity index (χ3v) is 8.53. The van der Waals surface area contributed by atoms with Gasteiger partial charge in [-0.3, -0.25) is 4.74 Å². The van der Waals surface area contributed by atoms with Crippen molar-refractivity contribution in [3.8, 4) is 0 Å². The van der Waals surface area contributed by atoms with Gasteiger partial charge in [-0.05, 0) is 37.1 Å². The van der Waals surface area contributed by atoms with E-state index in [0.29, 0.717) is 0 Å². The van der Waals surface area contributed by atoms with Crippen LogP contribution in [0, 0.1) is 13.8 Å². The van der Waals surface area contributed by atoms with E-state index in [4.69, 9.17) is 4.74 Å². The molecule has 0 spiro atoms. The Hall–Kier alpha value is -2.89. The second-order valence-corrected chi connectivity index (χ2v) is 10.1. The topological polar surface area (TPSA) is 12.4 Å². The first-order valence-electron chi connectivity index (χ1n) is 9.56. The van der Waals surface area contributed by atoms with Crippen molar-refractivity contribution in [3.05, 3.63) is 120 Å². The lowest BCUT2D eigenvalue weighted by Gasteiger charge is -2.27. The van der Waals surface area contributed by atoms with Gasteiger partial charge < -0.3 is 0 Å². The van der Waals surface area contributed by atoms with E-state index in [1.165, 1.54) is 27.0 Å². The number of benzene rings is 4. The lowest BCUT2D eigenvalue weighted by molar-refractivity contribution is 1.36. The average molecular weight is 381 g/mol. The minimum Gasteiger partial charge on any atom is -0.254 e. The first-order valence-corrected chi connectivity index (χ1v) is 11.3. The van der Waals surface area contributed by atoms with Crippen molar-refractivity contribution in [1.29, 1.82) is 0 Å². The van der Waals surface area contributed by atoms with Gasteiger partial charge in [-0.2, -0.15) is 0 Å². The molecule has 0 amide bonds. The summed E-state index contributed by atoms with van der Waals surface area (Å²) in [7, 11) is -2.19. The Morgan fingerprint density at radius 1 is 0.500 bits per heavy atom. The maximum Gasteiger partial charge on any atom is 0.0630 e. The third-order valence-electron chi connectivity index (χ3n) is 4.86. The van der Waals surface area contributed by atoms with E-state index in [1.807, 2.05) is 0 Å². The molecule has 0 aliphatic heterocycles. The fourth-order valence-electron chi connectivity index (χ4n) is 3.73. The normalized spacial score (nSPS) is 11.2. The first-order chi connectivity index (χ1) is 13.7. The standard InChI is InChI=1S/C26H24NP/c1-21-18-22(2)20-23(19-21)27-28(24-12-6-3-7-13-24,25-14-8-4-9-15-25)26-16-10-5-11-17-26/h3-20H,1-2H3. The Morgan fingerprint density at radius 2 is 0.857 bits per heavy atom. The minimum absolute atomic E-state index is 1.04. The van der Waals surface area contributed by atoms with Crippen LogP contribution in [0.2, 0.25) is 0 Å². The second kappa shape index (κ2) is 8.00. The lowest BCUT2D eigenvalue weighted by Crippen LogP contribution is -2.25. The Kier molecular flexibility index (Phi) is 5.28. The summed E-state index contributed by atoms with van der Waals surface area (Å²) >= 11 is 0. The summed E-state index contributed by atoms with van der Waals surface area (Å²) in [4.78, 5) is 0. The third kappa shape index (κ3) is 3.59. The zero-order valence-electron chi connectivity index (χ0n) is 16.3. The van der Waals surface area contributed by atoms with Crippen LogP contribution in [0.4, 0.5) is 5.69 Å². The second-order valence-electron chi connectivity index (χ2n) is 7.09. The predicted octanol–water partition coefficient (Wildman–Crippen LogP) is 6.11. The van der Waals surface area contributed by atoms with E-state index in [9.17, 15) is 0 Å². The summed E-state index contributed by atoms with van der Waals surface area (Å²) in [6.45, 7) is 4.28. The molecule has 0 atom stereocenters. The number of aryl methyl sites for hydroxylation is 2. The predicted molar refractivity (Wildman–Crippen MR) is 123 cm³/mol. The van der Waals surface area contributed by atoms with Crippen LogP contribution in [0.25, 0.3) is 0 Å². The fourth-order valence-corrected chi connectivity index (χ4v) is 7.25. The molecular formula is C26H24NP. The van der Waals surface area contributed by atoms with Crippen LogP contribution in [0.5, 0.6) is 0 Å². The van der Waals surface area contributed by atoms with Crippen molar-refractivity contribution in [2.45, 2.75) is 13.8 Å². The molecule has 0 saturated heterocycles. The Labute approximate surface area is 167 Å². The quantitative estimate of drug-likeness (QED) is 0.378. The molecule has 2 heteroatoms. The van der Waals surface area contributed by atoms with Crippen LogP contribution in [-0.4, -0.2) is 0 Å². The van der Waals surface area contributed by atoms with Crippen LogP contribution < -0.4 is 15.9 Å². The zero-order valence-corrected chi connectivity index (χ0v) is 17.2. The molecule has 0 saturated carbocycles. The summed E-state index contributed by atoms with van der Waals surface area (Å²) < 4.78 is 5.53. The molecule has 0 heterocycles. The highest BCUT2D eigenvalue weighted by Crippen LogP contribution is 2.49. The van der Waals surface area contributed by atoms with Gasteiger partial charge in [0.25, 0.3) is 0 Å². The van der Waals surface area contributed by atoms with E-state index in [-0.39, 0.29) is 0 Å². The van der Waals surface area contributed by atoms with Gasteiger partial charge in [0.2, 0.25) is 0 Å². The van der Waals surface area contributed by atoms with Crippen molar-refractivity contribution in [1.82, 2.24) is 0 Å². The summed E-state index contributed by atoms with van der Waals surface area (Å²) in [5.41, 5.74) is 3.53. The average Bonchev–Trinajstić information content (AvgIpc) is 2.73. The van der Waals surface area contributed by atoms with Crippen LogP contribution in [0.1, 0.15) is 11.1 Å². The van der Waals surface area contributed by atoms with E-state index in [1.54, 1.807) is 0 Å². The van der Waals surface area contributed by atoms with E-state index in [0.717, 1.165) is 5.69 Å². The SMILES string of the molecule is Cc1cc(C)cc(N=P(c2ccccc2)(c2ccccc2)c2ccccc2)c1. The summed E-state index contributed by atoms with van der Waals surface area (Å²) in [6.07, 6.45) is 0. The molecule has 1 nitrogen and oxygen atoms in total. The molecule has 4 aromatic rings. The Bertz CT molecular complexity index is 993. The van der Waals surface area contributed by atoms with Gasteiger partial charge in [-0.15, -0.1) is 0 Å². The van der Waals surface area contributed by atoms with Gasteiger partial charge in [-0.1, -0.05) is 97.1 Å². The monoisotopic (exact) mass is 381 g/mol. The molecule has 0 aromatic heterocycles. The molecule has 138 valence electrons. The van der Waals surface area contributed by atoms with Crippen LogP contribution in [0.3, 0.4) is 0 Å². The zero-order chi connectivity index (χ0) is 19.4. The van der Waals surface area contributed by atoms with Gasteiger partial charge in [0.05, 0.1) is 12.7 Å². The van der Waals surface area contributed by atoms with Crippen molar-refractivity contribution >= 4 is 28.7 Å². The molecule has 0 aliphatic carbocycles. The fraction of sp³-hybridized carbons (Fsp3) is 0.0769. The van der Waals surface area contributed by atoms with Gasteiger partial charge in [-0.25, -0.2) is 0 Å². The first kappa shape index (κ1) is 18.5.